The largest absolute Gasteiger partial charge is 0.505 e. The number of rotatable bonds is 5. The summed E-state index contributed by atoms with van der Waals surface area (Å²) in [6.45, 7) is 3.63. The molecule has 0 amide bonds. The summed E-state index contributed by atoms with van der Waals surface area (Å²) in [5.74, 6) is -0.306. The molecule has 0 atom stereocenters. The van der Waals surface area contributed by atoms with Crippen molar-refractivity contribution in [2.75, 3.05) is 11.5 Å². The highest BCUT2D eigenvalue weighted by Crippen LogP contribution is 2.47. The van der Waals surface area contributed by atoms with Crippen LogP contribution in [-0.4, -0.2) is 18.1 Å². The van der Waals surface area contributed by atoms with E-state index in [2.05, 4.69) is 20.5 Å². The average Bonchev–Trinajstić information content (AvgIpc) is 2.79. The minimum Gasteiger partial charge on any atom is -0.505 e. The number of nitrogens with zero attached hydrogens (tertiary/aromatic N) is 4. The number of aromatic hydroxyl groups is 1. The number of benzene rings is 4. The topological polar surface area (TPSA) is 176 Å². The van der Waals surface area contributed by atoms with Crippen LogP contribution in [0.25, 0.3) is 10.8 Å². The maximum absolute atomic E-state index is 12.1. The van der Waals surface area contributed by atoms with Crippen molar-refractivity contribution in [1.82, 2.24) is 0 Å². The van der Waals surface area contributed by atoms with E-state index in [-0.39, 0.29) is 33.6 Å². The molecule has 0 radical (unpaired) electrons. The molecule has 0 saturated carbocycles. The van der Waals surface area contributed by atoms with Crippen molar-refractivity contribution in [3.8, 4) is 5.75 Å². The molecule has 0 aliphatic carbocycles. The van der Waals surface area contributed by atoms with E-state index in [4.69, 9.17) is 11.5 Å². The van der Waals surface area contributed by atoms with Crippen LogP contribution in [0, 0.1) is 13.8 Å². The first-order chi connectivity index (χ1) is 16.5. The van der Waals surface area contributed by atoms with Crippen LogP contribution in [0.3, 0.4) is 0 Å². The van der Waals surface area contributed by atoms with Gasteiger partial charge in [0.25, 0.3) is 10.1 Å². The summed E-state index contributed by atoms with van der Waals surface area (Å²) in [4.78, 5) is -0.547. The molecule has 4 aromatic carbocycles. The van der Waals surface area contributed by atoms with Gasteiger partial charge in [-0.15, -0.1) is 10.2 Å². The van der Waals surface area contributed by atoms with Gasteiger partial charge in [-0.05, 0) is 73.3 Å². The number of phenols is 1. The number of fused-ring (bicyclic) bond motifs is 1. The van der Waals surface area contributed by atoms with Gasteiger partial charge in [0.2, 0.25) is 0 Å². The van der Waals surface area contributed by atoms with Gasteiger partial charge in [0.05, 0.1) is 22.4 Å². The predicted molar refractivity (Wildman–Crippen MR) is 135 cm³/mol. The number of aryl methyl sites for hydroxylation is 2. The van der Waals surface area contributed by atoms with E-state index in [1.807, 2.05) is 19.1 Å². The zero-order valence-corrected chi connectivity index (χ0v) is 19.7. The summed E-state index contributed by atoms with van der Waals surface area (Å²) in [7, 11) is -4.72. The van der Waals surface area contributed by atoms with Gasteiger partial charge in [-0.2, -0.15) is 18.6 Å². The number of hydrogen-bond donors (Lipinski definition) is 4. The fourth-order valence-electron chi connectivity index (χ4n) is 3.47. The van der Waals surface area contributed by atoms with E-state index in [1.165, 1.54) is 6.07 Å². The maximum atomic E-state index is 12.1. The standard InChI is InChI=1S/C24H22N6O4S/c1-13-3-7-17(8-4-13)27-29-22-14(2)11-15-12-19(35(32,33)34)23(21(26)20(15)24(22)31)30-28-18-9-5-16(25)6-10-18/h3-12,31H,25-26H2,1-2H3,(H,32,33,34). The van der Waals surface area contributed by atoms with Crippen molar-refractivity contribution in [3.05, 3.63) is 71.8 Å². The predicted octanol–water partition coefficient (Wildman–Crippen LogP) is 6.40. The molecule has 0 aromatic heterocycles. The van der Waals surface area contributed by atoms with E-state index >= 15 is 0 Å². The molecule has 35 heavy (non-hydrogen) atoms. The number of nitrogen functional groups attached to an aromatic ring is 2. The van der Waals surface area contributed by atoms with E-state index in [1.54, 1.807) is 49.4 Å². The highest BCUT2D eigenvalue weighted by atomic mass is 32.2. The second-order valence-corrected chi connectivity index (χ2v) is 9.32. The Labute approximate surface area is 201 Å². The highest BCUT2D eigenvalue weighted by Gasteiger charge is 2.24. The van der Waals surface area contributed by atoms with Crippen LogP contribution in [0.1, 0.15) is 11.1 Å². The Kier molecular flexibility index (Phi) is 6.20. The van der Waals surface area contributed by atoms with Crippen LogP contribution in [0.5, 0.6) is 5.75 Å². The molecule has 0 aliphatic rings. The number of phenolic OH excluding ortho intramolecular Hbond substituents is 1. The number of nitrogens with two attached hydrogens (primary N) is 2. The van der Waals surface area contributed by atoms with E-state index in [9.17, 15) is 18.1 Å². The van der Waals surface area contributed by atoms with Crippen molar-refractivity contribution in [2.45, 2.75) is 18.7 Å². The van der Waals surface area contributed by atoms with E-state index < -0.39 is 15.0 Å². The summed E-state index contributed by atoms with van der Waals surface area (Å²) in [5.41, 5.74) is 14.6. The third kappa shape index (κ3) is 4.95. The fraction of sp³-hybridized carbons (Fsp3) is 0.0833. The van der Waals surface area contributed by atoms with Gasteiger partial charge in [0, 0.05) is 5.69 Å². The molecule has 0 bridgehead atoms. The molecular formula is C24H22N6O4S. The Hall–Kier alpha value is -4.35. The van der Waals surface area contributed by atoms with Crippen molar-refractivity contribution in [2.24, 2.45) is 20.5 Å². The van der Waals surface area contributed by atoms with Gasteiger partial charge < -0.3 is 16.6 Å². The average molecular weight is 491 g/mol. The molecule has 0 unspecified atom stereocenters. The first kappa shape index (κ1) is 23.8. The molecule has 0 heterocycles. The van der Waals surface area contributed by atoms with Crippen LogP contribution >= 0.6 is 0 Å². The van der Waals surface area contributed by atoms with Gasteiger partial charge in [0.15, 0.2) is 5.75 Å². The molecular weight excluding hydrogens is 468 g/mol. The van der Waals surface area contributed by atoms with Crippen molar-refractivity contribution < 1.29 is 18.1 Å². The smallest absolute Gasteiger partial charge is 0.296 e. The number of hydrogen-bond acceptors (Lipinski definition) is 9. The quantitative estimate of drug-likeness (QED) is 0.143. The Morgan fingerprint density at radius 2 is 1.31 bits per heavy atom. The van der Waals surface area contributed by atoms with Crippen LogP contribution < -0.4 is 11.5 Å². The Balaban J connectivity index is 1.90. The minimum atomic E-state index is -4.72. The molecule has 4 rings (SSSR count). The van der Waals surface area contributed by atoms with Crippen molar-refractivity contribution >= 4 is 55.0 Å². The van der Waals surface area contributed by atoms with Gasteiger partial charge in [-0.25, -0.2) is 0 Å². The lowest BCUT2D eigenvalue weighted by Gasteiger charge is -2.13. The second kappa shape index (κ2) is 9.12. The van der Waals surface area contributed by atoms with E-state index in [0.29, 0.717) is 22.6 Å². The molecule has 0 aliphatic heterocycles. The van der Waals surface area contributed by atoms with Gasteiger partial charge in [-0.3, -0.25) is 4.55 Å². The second-order valence-electron chi connectivity index (χ2n) is 7.93. The SMILES string of the molecule is Cc1ccc(N=Nc2c(C)cc3cc(S(=O)(=O)O)c(N=Nc4ccc(N)cc4)c(N)c3c2O)cc1. The Bertz CT molecular complexity index is 1600. The molecule has 178 valence electrons. The van der Waals surface area contributed by atoms with Crippen LogP contribution in [0.4, 0.5) is 34.1 Å². The third-order valence-electron chi connectivity index (χ3n) is 5.28. The summed E-state index contributed by atoms with van der Waals surface area (Å²) in [6.07, 6.45) is 0. The van der Waals surface area contributed by atoms with Crippen LogP contribution in [-0.2, 0) is 10.1 Å². The third-order valence-corrected chi connectivity index (χ3v) is 6.14. The first-order valence-corrected chi connectivity index (χ1v) is 11.8. The number of anilines is 2. The normalized spacial score (nSPS) is 12.2. The fourth-order valence-corrected chi connectivity index (χ4v) is 4.14. The van der Waals surface area contributed by atoms with Crippen molar-refractivity contribution in [1.29, 1.82) is 0 Å². The first-order valence-electron chi connectivity index (χ1n) is 10.4. The lowest BCUT2D eigenvalue weighted by Crippen LogP contribution is -2.02. The maximum Gasteiger partial charge on any atom is 0.296 e. The zero-order valence-electron chi connectivity index (χ0n) is 18.8. The van der Waals surface area contributed by atoms with E-state index in [0.717, 1.165) is 5.56 Å². The Morgan fingerprint density at radius 3 is 1.89 bits per heavy atom. The summed E-state index contributed by atoms with van der Waals surface area (Å²) >= 11 is 0. The molecule has 10 nitrogen and oxygen atoms in total. The van der Waals surface area contributed by atoms with Crippen LogP contribution in [0.2, 0.25) is 0 Å². The van der Waals surface area contributed by atoms with Crippen molar-refractivity contribution in [3.63, 3.8) is 0 Å². The highest BCUT2D eigenvalue weighted by molar-refractivity contribution is 7.86. The summed E-state index contributed by atoms with van der Waals surface area (Å²) in [6, 6.07) is 16.5. The molecule has 11 heteroatoms. The van der Waals surface area contributed by atoms with Crippen LogP contribution in [0.15, 0.2) is 86.0 Å². The molecule has 6 N–H and O–H groups in total. The van der Waals surface area contributed by atoms with Gasteiger partial charge in [-0.1, -0.05) is 17.7 Å². The minimum absolute atomic E-state index is 0.104. The molecule has 0 saturated heterocycles. The molecule has 0 fully saturated rings. The molecule has 4 aromatic rings. The molecule has 0 spiro atoms. The lowest BCUT2D eigenvalue weighted by molar-refractivity contribution is 0.480. The Morgan fingerprint density at radius 1 is 0.771 bits per heavy atom. The van der Waals surface area contributed by atoms with Gasteiger partial charge >= 0.3 is 0 Å². The monoisotopic (exact) mass is 490 g/mol. The van der Waals surface area contributed by atoms with Gasteiger partial charge in [0.1, 0.15) is 16.3 Å². The summed E-state index contributed by atoms with van der Waals surface area (Å²) < 4.78 is 34.0. The summed E-state index contributed by atoms with van der Waals surface area (Å²) in [5, 5.41) is 27.7. The zero-order chi connectivity index (χ0) is 25.3. The number of azo groups is 2. The lowest BCUT2D eigenvalue weighted by atomic mass is 10.0.